The van der Waals surface area contributed by atoms with Crippen molar-refractivity contribution in [2.24, 2.45) is 11.8 Å². The van der Waals surface area contributed by atoms with Crippen molar-refractivity contribution in [1.82, 2.24) is 5.32 Å². The zero-order valence-corrected chi connectivity index (χ0v) is 19.9. The van der Waals surface area contributed by atoms with Crippen LogP contribution < -0.4 is 5.32 Å². The zero-order valence-electron chi connectivity index (χ0n) is 19.9. The number of carbonyl (C=O) groups is 2. The van der Waals surface area contributed by atoms with Crippen LogP contribution in [0.15, 0.2) is 42.5 Å². The quantitative estimate of drug-likeness (QED) is 0.252. The molecule has 1 fully saturated rings. The number of nitrogens with one attached hydrogen (secondary N) is 1. The van der Waals surface area contributed by atoms with E-state index in [0.29, 0.717) is 31.1 Å². The maximum atomic E-state index is 12.3. The van der Waals surface area contributed by atoms with Crippen LogP contribution in [0.3, 0.4) is 0 Å². The maximum absolute atomic E-state index is 12.3. The average molecular weight is 442 g/mol. The number of benzene rings is 1. The molecule has 178 valence electrons. The van der Waals surface area contributed by atoms with Crippen LogP contribution in [-0.2, 0) is 16.0 Å². The number of Topliss-reactive ketones (excluding diaryl/α,β-unsaturated/α-hetero) is 1. The Bertz CT molecular complexity index is 685. The van der Waals surface area contributed by atoms with Gasteiger partial charge < -0.3 is 10.4 Å². The zero-order chi connectivity index (χ0) is 23.0. The highest BCUT2D eigenvalue weighted by Crippen LogP contribution is 2.34. The minimum Gasteiger partial charge on any atom is -0.389 e. The van der Waals surface area contributed by atoms with Gasteiger partial charge in [-0.05, 0) is 43.6 Å². The molecule has 0 radical (unpaired) electrons. The third-order valence-corrected chi connectivity index (χ3v) is 6.59. The molecule has 1 aliphatic rings. The molecule has 3 atom stereocenters. The Hall–Kier alpha value is -1.94. The molecule has 0 saturated heterocycles. The van der Waals surface area contributed by atoms with Gasteiger partial charge in [0.15, 0.2) is 0 Å². The molecular weight excluding hydrogens is 398 g/mol. The second-order valence-electron chi connectivity index (χ2n) is 9.26. The van der Waals surface area contributed by atoms with Gasteiger partial charge in [-0.2, -0.15) is 0 Å². The number of allylic oxidation sites excluding steroid dienone is 1. The molecule has 0 spiro atoms. The van der Waals surface area contributed by atoms with Crippen LogP contribution in [0, 0.1) is 11.8 Å². The van der Waals surface area contributed by atoms with Gasteiger partial charge in [0, 0.05) is 25.3 Å². The van der Waals surface area contributed by atoms with Gasteiger partial charge in [0.05, 0.1) is 6.10 Å². The molecule has 32 heavy (non-hydrogen) atoms. The molecule has 1 aromatic carbocycles. The SMILES string of the molecule is CCCCC[C@@H](O)/C=C/[C@H]1CCC(=O)[C@@H]1CCCCCCC(=O)NCCc1ccccc1. The molecular formula is C28H43NO3. The summed E-state index contributed by atoms with van der Waals surface area (Å²) in [5.41, 5.74) is 1.24. The van der Waals surface area contributed by atoms with Crippen LogP contribution in [0.5, 0.6) is 0 Å². The van der Waals surface area contributed by atoms with Crippen molar-refractivity contribution >= 4 is 11.7 Å². The summed E-state index contributed by atoms with van der Waals surface area (Å²) in [5.74, 6) is 0.932. The molecule has 0 aromatic heterocycles. The fraction of sp³-hybridized carbons (Fsp3) is 0.643. The van der Waals surface area contributed by atoms with E-state index in [-0.39, 0.29) is 17.9 Å². The van der Waals surface area contributed by atoms with Crippen LogP contribution in [0.1, 0.15) is 89.5 Å². The van der Waals surface area contributed by atoms with Crippen molar-refractivity contribution in [3.8, 4) is 0 Å². The highest BCUT2D eigenvalue weighted by atomic mass is 16.3. The molecule has 2 rings (SSSR count). The molecule has 0 unspecified atom stereocenters. The number of hydrogen-bond acceptors (Lipinski definition) is 3. The lowest BCUT2D eigenvalue weighted by Gasteiger charge is -2.15. The fourth-order valence-electron chi connectivity index (χ4n) is 4.59. The Kier molecular flexibility index (Phi) is 13.0. The second-order valence-corrected chi connectivity index (χ2v) is 9.26. The summed E-state index contributed by atoms with van der Waals surface area (Å²) in [5, 5.41) is 13.1. The largest absolute Gasteiger partial charge is 0.389 e. The molecule has 1 amide bonds. The molecule has 4 heteroatoms. The van der Waals surface area contributed by atoms with Crippen LogP contribution in [0.2, 0.25) is 0 Å². The van der Waals surface area contributed by atoms with Crippen molar-refractivity contribution in [1.29, 1.82) is 0 Å². The van der Waals surface area contributed by atoms with Crippen LogP contribution >= 0.6 is 0 Å². The van der Waals surface area contributed by atoms with E-state index >= 15 is 0 Å². The summed E-state index contributed by atoms with van der Waals surface area (Å²) in [7, 11) is 0. The molecule has 0 heterocycles. The number of ketones is 1. The number of hydrogen-bond donors (Lipinski definition) is 2. The van der Waals surface area contributed by atoms with Gasteiger partial charge in [-0.15, -0.1) is 0 Å². The van der Waals surface area contributed by atoms with Gasteiger partial charge in [-0.1, -0.05) is 87.9 Å². The highest BCUT2D eigenvalue weighted by molar-refractivity contribution is 5.83. The summed E-state index contributed by atoms with van der Waals surface area (Å²) in [6, 6.07) is 10.2. The van der Waals surface area contributed by atoms with E-state index in [9.17, 15) is 14.7 Å². The third kappa shape index (κ3) is 10.6. The number of amides is 1. The maximum Gasteiger partial charge on any atom is 0.220 e. The number of rotatable bonds is 16. The highest BCUT2D eigenvalue weighted by Gasteiger charge is 2.32. The van der Waals surface area contributed by atoms with Gasteiger partial charge in [-0.3, -0.25) is 9.59 Å². The van der Waals surface area contributed by atoms with Gasteiger partial charge in [-0.25, -0.2) is 0 Å². The van der Waals surface area contributed by atoms with E-state index in [2.05, 4.69) is 30.4 Å². The standard InChI is InChI=1S/C28H43NO3/c1-2-3-7-14-25(30)19-17-24-18-20-27(31)26(24)15-10-4-5-11-16-28(32)29-22-21-23-12-8-6-9-13-23/h6,8-9,12-13,17,19,24-26,30H,2-5,7,10-11,14-16,18,20-22H2,1H3,(H,29,32)/b19-17+/t24-,25+,26+/m0/s1. The molecule has 4 nitrogen and oxygen atoms in total. The van der Waals surface area contributed by atoms with E-state index in [4.69, 9.17) is 0 Å². The van der Waals surface area contributed by atoms with Crippen molar-refractivity contribution in [3.63, 3.8) is 0 Å². The van der Waals surface area contributed by atoms with E-state index in [1.807, 2.05) is 24.3 Å². The van der Waals surface area contributed by atoms with E-state index in [1.54, 1.807) is 0 Å². The monoisotopic (exact) mass is 441 g/mol. The van der Waals surface area contributed by atoms with Crippen molar-refractivity contribution in [2.45, 2.75) is 96.5 Å². The molecule has 0 bridgehead atoms. The first-order valence-electron chi connectivity index (χ1n) is 12.8. The van der Waals surface area contributed by atoms with Crippen molar-refractivity contribution in [3.05, 3.63) is 48.0 Å². The van der Waals surface area contributed by atoms with Gasteiger partial charge in [0.2, 0.25) is 5.91 Å². The molecule has 2 N–H and O–H groups in total. The van der Waals surface area contributed by atoms with Gasteiger partial charge >= 0.3 is 0 Å². The summed E-state index contributed by atoms with van der Waals surface area (Å²) < 4.78 is 0. The summed E-state index contributed by atoms with van der Waals surface area (Å²) >= 11 is 0. The summed E-state index contributed by atoms with van der Waals surface area (Å²) in [4.78, 5) is 24.3. The lowest BCUT2D eigenvalue weighted by Crippen LogP contribution is -2.25. The van der Waals surface area contributed by atoms with Crippen LogP contribution in [-0.4, -0.2) is 29.4 Å². The molecule has 1 saturated carbocycles. The fourth-order valence-corrected chi connectivity index (χ4v) is 4.59. The topological polar surface area (TPSA) is 66.4 Å². The Morgan fingerprint density at radius 2 is 1.91 bits per heavy atom. The van der Waals surface area contributed by atoms with Crippen molar-refractivity contribution < 1.29 is 14.7 Å². The normalized spacial score (nSPS) is 19.5. The molecule has 0 aliphatic heterocycles. The van der Waals surface area contributed by atoms with E-state index in [0.717, 1.165) is 70.6 Å². The van der Waals surface area contributed by atoms with Crippen LogP contribution in [0.4, 0.5) is 0 Å². The minimum atomic E-state index is -0.378. The summed E-state index contributed by atoms with van der Waals surface area (Å²) in [6.07, 6.45) is 15.9. The minimum absolute atomic E-state index is 0.121. The Labute approximate surface area is 194 Å². The summed E-state index contributed by atoms with van der Waals surface area (Å²) in [6.45, 7) is 2.85. The lowest BCUT2D eigenvalue weighted by molar-refractivity contribution is -0.121. The smallest absolute Gasteiger partial charge is 0.220 e. The third-order valence-electron chi connectivity index (χ3n) is 6.59. The first kappa shape index (κ1) is 26.3. The number of unbranched alkanes of at least 4 members (excludes halogenated alkanes) is 5. The predicted molar refractivity (Wildman–Crippen MR) is 131 cm³/mol. The first-order chi connectivity index (χ1) is 15.6. The van der Waals surface area contributed by atoms with E-state index < -0.39 is 0 Å². The second kappa shape index (κ2) is 15.8. The molecule has 1 aliphatic carbocycles. The Morgan fingerprint density at radius 1 is 1.12 bits per heavy atom. The average Bonchev–Trinajstić information content (AvgIpc) is 3.15. The predicted octanol–water partition coefficient (Wildman–Crippen LogP) is 5.78. The van der Waals surface area contributed by atoms with Gasteiger partial charge in [0.25, 0.3) is 0 Å². The molecule has 1 aromatic rings. The number of aliphatic hydroxyl groups is 1. The van der Waals surface area contributed by atoms with Crippen molar-refractivity contribution in [2.75, 3.05) is 6.54 Å². The number of aliphatic hydroxyl groups excluding tert-OH is 1. The Balaban J connectivity index is 1.54. The Morgan fingerprint density at radius 3 is 2.69 bits per heavy atom. The number of carbonyl (C=O) groups excluding carboxylic acids is 2. The van der Waals surface area contributed by atoms with E-state index in [1.165, 1.54) is 5.56 Å². The lowest BCUT2D eigenvalue weighted by atomic mass is 9.89. The van der Waals surface area contributed by atoms with Crippen LogP contribution in [0.25, 0.3) is 0 Å². The van der Waals surface area contributed by atoms with Gasteiger partial charge in [0.1, 0.15) is 5.78 Å². The first-order valence-corrected chi connectivity index (χ1v) is 12.8.